The molecule has 0 amide bonds. The second-order valence-electron chi connectivity index (χ2n) is 5.22. The lowest BCUT2D eigenvalue weighted by Crippen LogP contribution is -2.35. The summed E-state index contributed by atoms with van der Waals surface area (Å²) >= 11 is 0. The van der Waals surface area contributed by atoms with Gasteiger partial charge in [0, 0.05) is 25.5 Å². The lowest BCUT2D eigenvalue weighted by molar-refractivity contribution is 0.0697. The standard InChI is InChI=1S/C14H20N2O2/c1-10-3-5-11(6-4-10)16(2)13-7-8-15-9-12(13)14(17)18/h7-11H,3-6H2,1-2H3,(H,17,18). The molecule has 1 aromatic rings. The number of pyridine rings is 1. The predicted octanol–water partition coefficient (Wildman–Crippen LogP) is 2.79. The Morgan fingerprint density at radius 3 is 2.67 bits per heavy atom. The smallest absolute Gasteiger partial charge is 0.339 e. The van der Waals surface area contributed by atoms with E-state index in [9.17, 15) is 9.90 Å². The van der Waals surface area contributed by atoms with E-state index in [1.807, 2.05) is 7.05 Å². The fourth-order valence-corrected chi connectivity index (χ4v) is 2.69. The second kappa shape index (κ2) is 5.38. The van der Waals surface area contributed by atoms with Crippen molar-refractivity contribution in [2.45, 2.75) is 38.6 Å². The Morgan fingerprint density at radius 1 is 1.39 bits per heavy atom. The van der Waals surface area contributed by atoms with Gasteiger partial charge in [0.1, 0.15) is 5.56 Å². The van der Waals surface area contributed by atoms with Crippen LogP contribution in [0.5, 0.6) is 0 Å². The molecule has 0 unspecified atom stereocenters. The maximum atomic E-state index is 11.2. The van der Waals surface area contributed by atoms with Crippen LogP contribution < -0.4 is 4.90 Å². The van der Waals surface area contributed by atoms with E-state index in [1.54, 1.807) is 12.3 Å². The molecule has 98 valence electrons. The third-order valence-electron chi connectivity index (χ3n) is 3.94. The molecule has 0 aromatic carbocycles. The third kappa shape index (κ3) is 2.63. The molecule has 0 saturated heterocycles. The lowest BCUT2D eigenvalue weighted by atomic mass is 9.86. The topological polar surface area (TPSA) is 53.4 Å². The molecule has 1 saturated carbocycles. The molecule has 0 aliphatic heterocycles. The summed E-state index contributed by atoms with van der Waals surface area (Å²) in [6.07, 6.45) is 7.81. The number of rotatable bonds is 3. The summed E-state index contributed by atoms with van der Waals surface area (Å²) in [7, 11) is 1.99. The summed E-state index contributed by atoms with van der Waals surface area (Å²) < 4.78 is 0. The van der Waals surface area contributed by atoms with E-state index in [4.69, 9.17) is 0 Å². The highest BCUT2D eigenvalue weighted by Crippen LogP contribution is 2.30. The van der Waals surface area contributed by atoms with Gasteiger partial charge >= 0.3 is 5.97 Å². The van der Waals surface area contributed by atoms with Gasteiger partial charge < -0.3 is 10.0 Å². The number of aromatic nitrogens is 1. The first kappa shape index (κ1) is 12.9. The van der Waals surface area contributed by atoms with E-state index in [1.165, 1.54) is 19.0 Å². The van der Waals surface area contributed by atoms with Crippen LogP contribution in [0.4, 0.5) is 5.69 Å². The highest BCUT2D eigenvalue weighted by Gasteiger charge is 2.24. The first-order chi connectivity index (χ1) is 8.59. The molecule has 1 aromatic heterocycles. The van der Waals surface area contributed by atoms with E-state index in [0.29, 0.717) is 11.6 Å². The maximum Gasteiger partial charge on any atom is 0.339 e. The van der Waals surface area contributed by atoms with E-state index >= 15 is 0 Å². The van der Waals surface area contributed by atoms with Crippen molar-refractivity contribution in [3.05, 3.63) is 24.0 Å². The van der Waals surface area contributed by atoms with Crippen molar-refractivity contribution < 1.29 is 9.90 Å². The molecule has 1 aliphatic rings. The Balaban J connectivity index is 2.18. The van der Waals surface area contributed by atoms with E-state index in [-0.39, 0.29) is 0 Å². The number of anilines is 1. The molecule has 0 bridgehead atoms. The number of nitrogens with zero attached hydrogens (tertiary/aromatic N) is 2. The molecule has 0 radical (unpaired) electrons. The van der Waals surface area contributed by atoms with Crippen LogP contribution >= 0.6 is 0 Å². The Kier molecular flexibility index (Phi) is 3.84. The first-order valence-corrected chi connectivity index (χ1v) is 6.49. The highest BCUT2D eigenvalue weighted by molar-refractivity contribution is 5.94. The van der Waals surface area contributed by atoms with Gasteiger partial charge in [-0.05, 0) is 37.7 Å². The number of carbonyl (C=O) groups is 1. The minimum atomic E-state index is -0.908. The van der Waals surface area contributed by atoms with E-state index in [0.717, 1.165) is 24.4 Å². The average Bonchev–Trinajstić information content (AvgIpc) is 2.39. The molecule has 1 heterocycles. The van der Waals surface area contributed by atoms with Gasteiger partial charge in [0.2, 0.25) is 0 Å². The largest absolute Gasteiger partial charge is 0.478 e. The molecule has 4 nitrogen and oxygen atoms in total. The van der Waals surface area contributed by atoms with E-state index < -0.39 is 5.97 Å². The van der Waals surface area contributed by atoms with Gasteiger partial charge in [-0.2, -0.15) is 0 Å². The molecule has 1 N–H and O–H groups in total. The highest BCUT2D eigenvalue weighted by atomic mass is 16.4. The fraction of sp³-hybridized carbons (Fsp3) is 0.571. The monoisotopic (exact) mass is 248 g/mol. The van der Waals surface area contributed by atoms with Crippen LogP contribution in [0.1, 0.15) is 43.0 Å². The summed E-state index contributed by atoms with van der Waals surface area (Å²) in [6, 6.07) is 2.24. The van der Waals surface area contributed by atoms with Gasteiger partial charge in [0.15, 0.2) is 0 Å². The maximum absolute atomic E-state index is 11.2. The van der Waals surface area contributed by atoms with E-state index in [2.05, 4.69) is 16.8 Å². The van der Waals surface area contributed by atoms with Crippen molar-refractivity contribution in [2.75, 3.05) is 11.9 Å². The summed E-state index contributed by atoms with van der Waals surface area (Å²) in [5.74, 6) is -0.111. The summed E-state index contributed by atoms with van der Waals surface area (Å²) in [6.45, 7) is 2.28. The van der Waals surface area contributed by atoms with Crippen LogP contribution in [0.15, 0.2) is 18.5 Å². The fourth-order valence-electron chi connectivity index (χ4n) is 2.69. The van der Waals surface area contributed by atoms with Gasteiger partial charge in [-0.15, -0.1) is 0 Å². The van der Waals surface area contributed by atoms with Crippen LogP contribution in [0, 0.1) is 5.92 Å². The quantitative estimate of drug-likeness (QED) is 0.893. The molecule has 0 spiro atoms. The number of carboxylic acid groups (broad SMARTS) is 1. The molecule has 2 rings (SSSR count). The van der Waals surface area contributed by atoms with Crippen LogP contribution in [0.3, 0.4) is 0 Å². The molecule has 0 atom stereocenters. The minimum Gasteiger partial charge on any atom is -0.478 e. The summed E-state index contributed by atoms with van der Waals surface area (Å²) in [4.78, 5) is 17.2. The number of hydrogen-bond acceptors (Lipinski definition) is 3. The number of hydrogen-bond donors (Lipinski definition) is 1. The zero-order valence-electron chi connectivity index (χ0n) is 11.0. The Labute approximate surface area is 108 Å². The Morgan fingerprint density at radius 2 is 2.06 bits per heavy atom. The molecular weight excluding hydrogens is 228 g/mol. The van der Waals surface area contributed by atoms with Crippen molar-refractivity contribution in [3.8, 4) is 0 Å². The van der Waals surface area contributed by atoms with Crippen molar-refractivity contribution >= 4 is 11.7 Å². The lowest BCUT2D eigenvalue weighted by Gasteiger charge is -2.35. The van der Waals surface area contributed by atoms with Gasteiger partial charge in [-0.3, -0.25) is 4.98 Å². The van der Waals surface area contributed by atoms with Gasteiger partial charge in [0.05, 0.1) is 5.69 Å². The first-order valence-electron chi connectivity index (χ1n) is 6.49. The SMILES string of the molecule is CC1CCC(N(C)c2ccncc2C(=O)O)CC1. The molecule has 18 heavy (non-hydrogen) atoms. The molecular formula is C14H20N2O2. The van der Waals surface area contributed by atoms with Gasteiger partial charge in [-0.1, -0.05) is 6.92 Å². The van der Waals surface area contributed by atoms with Crippen LogP contribution in [0.2, 0.25) is 0 Å². The normalized spacial score (nSPS) is 23.7. The van der Waals surface area contributed by atoms with Crippen LogP contribution in [-0.2, 0) is 0 Å². The van der Waals surface area contributed by atoms with Crippen molar-refractivity contribution in [1.29, 1.82) is 0 Å². The van der Waals surface area contributed by atoms with Gasteiger partial charge in [0.25, 0.3) is 0 Å². The van der Waals surface area contributed by atoms with Crippen molar-refractivity contribution in [1.82, 2.24) is 4.98 Å². The molecule has 1 fully saturated rings. The van der Waals surface area contributed by atoms with Crippen LogP contribution in [0.25, 0.3) is 0 Å². The average molecular weight is 248 g/mol. The van der Waals surface area contributed by atoms with Crippen molar-refractivity contribution in [3.63, 3.8) is 0 Å². The Hall–Kier alpha value is -1.58. The van der Waals surface area contributed by atoms with Gasteiger partial charge in [-0.25, -0.2) is 4.79 Å². The summed E-state index contributed by atoms with van der Waals surface area (Å²) in [5, 5.41) is 9.19. The molecule has 1 aliphatic carbocycles. The Bertz CT molecular complexity index is 426. The number of aromatic carboxylic acids is 1. The third-order valence-corrected chi connectivity index (χ3v) is 3.94. The predicted molar refractivity (Wildman–Crippen MR) is 71.0 cm³/mol. The molecule has 4 heteroatoms. The van der Waals surface area contributed by atoms with Crippen molar-refractivity contribution in [2.24, 2.45) is 5.92 Å². The minimum absolute atomic E-state index is 0.290. The summed E-state index contributed by atoms with van der Waals surface area (Å²) in [5.41, 5.74) is 1.07. The zero-order valence-corrected chi connectivity index (χ0v) is 11.0. The van der Waals surface area contributed by atoms with Crippen LogP contribution in [-0.4, -0.2) is 29.1 Å². The second-order valence-corrected chi connectivity index (χ2v) is 5.22. The zero-order chi connectivity index (χ0) is 13.1. The number of carboxylic acids is 1.